The second-order valence-electron chi connectivity index (χ2n) is 5.36. The van der Waals surface area contributed by atoms with E-state index in [4.69, 9.17) is 30.3 Å². The van der Waals surface area contributed by atoms with E-state index in [9.17, 15) is 4.79 Å². The predicted molar refractivity (Wildman–Crippen MR) is 98.0 cm³/mol. The van der Waals surface area contributed by atoms with Crippen LogP contribution >= 0.6 is 11.6 Å². The maximum atomic E-state index is 12.3. The molecule has 0 spiro atoms. The van der Waals surface area contributed by atoms with Crippen LogP contribution in [0.3, 0.4) is 0 Å². The molecule has 0 fully saturated rings. The van der Waals surface area contributed by atoms with Crippen LogP contribution in [-0.4, -0.2) is 29.8 Å². The quantitative estimate of drug-likeness (QED) is 0.562. The summed E-state index contributed by atoms with van der Waals surface area (Å²) in [5.41, 5.74) is 0.906. The Hall–Kier alpha value is -3.06. The highest BCUT2D eigenvalue weighted by Gasteiger charge is 2.18. The van der Waals surface area contributed by atoms with E-state index in [0.717, 1.165) is 0 Å². The van der Waals surface area contributed by atoms with Crippen LogP contribution in [0, 0.1) is 0 Å². The normalized spacial score (nSPS) is 10.5. The number of hydrogen-bond donors (Lipinski definition) is 0. The van der Waals surface area contributed by atoms with Gasteiger partial charge in [0.25, 0.3) is 5.89 Å². The average Bonchev–Trinajstić information content (AvgIpc) is 3.15. The SMILES string of the molecule is CCOc1ccccc1-c1noc(COC(=O)c2cc(Cl)ccc2OC)n1. The van der Waals surface area contributed by atoms with Crippen molar-refractivity contribution >= 4 is 17.6 Å². The first kappa shape index (κ1) is 18.7. The number of ether oxygens (including phenoxy) is 3. The smallest absolute Gasteiger partial charge is 0.342 e. The molecule has 7 nitrogen and oxygen atoms in total. The first-order valence-corrected chi connectivity index (χ1v) is 8.55. The molecule has 1 aromatic heterocycles. The molecule has 0 unspecified atom stereocenters. The van der Waals surface area contributed by atoms with E-state index in [2.05, 4.69) is 10.1 Å². The number of carbonyl (C=O) groups excluding carboxylic acids is 1. The van der Waals surface area contributed by atoms with E-state index in [1.807, 2.05) is 31.2 Å². The molecular weight excluding hydrogens is 372 g/mol. The van der Waals surface area contributed by atoms with Crippen molar-refractivity contribution in [3.63, 3.8) is 0 Å². The zero-order valence-electron chi connectivity index (χ0n) is 14.8. The highest BCUT2D eigenvalue weighted by atomic mass is 35.5. The molecule has 3 aromatic rings. The number of para-hydroxylation sites is 1. The number of nitrogens with zero attached hydrogens (tertiary/aromatic N) is 2. The number of carbonyl (C=O) groups is 1. The molecule has 0 atom stereocenters. The number of rotatable bonds is 7. The summed E-state index contributed by atoms with van der Waals surface area (Å²) in [7, 11) is 1.46. The van der Waals surface area contributed by atoms with E-state index >= 15 is 0 Å². The van der Waals surface area contributed by atoms with E-state index in [1.165, 1.54) is 13.2 Å². The first-order chi connectivity index (χ1) is 13.1. The van der Waals surface area contributed by atoms with Crippen LogP contribution in [0.1, 0.15) is 23.2 Å². The van der Waals surface area contributed by atoms with Gasteiger partial charge in [-0.25, -0.2) is 4.79 Å². The largest absolute Gasteiger partial charge is 0.496 e. The Balaban J connectivity index is 1.72. The van der Waals surface area contributed by atoms with Gasteiger partial charge in [0.15, 0.2) is 6.61 Å². The Morgan fingerprint density at radius 1 is 1.19 bits per heavy atom. The van der Waals surface area contributed by atoms with Crippen LogP contribution in [0.4, 0.5) is 0 Å². The van der Waals surface area contributed by atoms with Crippen molar-refractivity contribution in [1.29, 1.82) is 0 Å². The van der Waals surface area contributed by atoms with Crippen LogP contribution in [0.25, 0.3) is 11.4 Å². The molecule has 1 heterocycles. The van der Waals surface area contributed by atoms with Gasteiger partial charge in [0.2, 0.25) is 5.82 Å². The molecule has 0 N–H and O–H groups in total. The van der Waals surface area contributed by atoms with Crippen LogP contribution in [0.2, 0.25) is 5.02 Å². The maximum absolute atomic E-state index is 12.3. The van der Waals surface area contributed by atoms with E-state index in [-0.39, 0.29) is 18.1 Å². The van der Waals surface area contributed by atoms with Crippen LogP contribution in [-0.2, 0) is 11.3 Å². The van der Waals surface area contributed by atoms with Gasteiger partial charge in [0.05, 0.1) is 19.3 Å². The Bertz CT molecular complexity index is 941. The summed E-state index contributed by atoms with van der Waals surface area (Å²) in [5.74, 6) is 0.911. The fourth-order valence-corrected chi connectivity index (χ4v) is 2.57. The van der Waals surface area contributed by atoms with E-state index in [0.29, 0.717) is 34.5 Å². The molecule has 0 bridgehead atoms. The Labute approximate surface area is 160 Å². The van der Waals surface area contributed by atoms with Crippen LogP contribution < -0.4 is 9.47 Å². The Morgan fingerprint density at radius 3 is 2.78 bits per heavy atom. The van der Waals surface area contributed by atoms with Crippen molar-refractivity contribution < 1.29 is 23.5 Å². The van der Waals surface area contributed by atoms with Gasteiger partial charge < -0.3 is 18.7 Å². The monoisotopic (exact) mass is 388 g/mol. The topological polar surface area (TPSA) is 83.7 Å². The molecule has 0 aliphatic rings. The summed E-state index contributed by atoms with van der Waals surface area (Å²) in [5, 5.41) is 4.32. The fourth-order valence-electron chi connectivity index (χ4n) is 2.40. The second kappa shape index (κ2) is 8.55. The van der Waals surface area contributed by atoms with Gasteiger partial charge in [-0.3, -0.25) is 0 Å². The number of aromatic nitrogens is 2. The highest BCUT2D eigenvalue weighted by Crippen LogP contribution is 2.28. The first-order valence-electron chi connectivity index (χ1n) is 8.17. The van der Waals surface area contributed by atoms with Gasteiger partial charge in [-0.15, -0.1) is 0 Å². The predicted octanol–water partition coefficient (Wildman–Crippen LogP) is 4.15. The summed E-state index contributed by atoms with van der Waals surface area (Å²) in [6, 6.07) is 12.0. The van der Waals surface area contributed by atoms with E-state index in [1.54, 1.807) is 12.1 Å². The lowest BCUT2D eigenvalue weighted by atomic mass is 10.2. The molecule has 0 saturated carbocycles. The third kappa shape index (κ3) is 4.38. The van der Waals surface area contributed by atoms with Gasteiger partial charge >= 0.3 is 5.97 Å². The molecule has 3 rings (SSSR count). The molecule has 2 aromatic carbocycles. The zero-order valence-corrected chi connectivity index (χ0v) is 15.5. The summed E-state index contributed by atoms with van der Waals surface area (Å²) >= 11 is 5.93. The Kier molecular flexibility index (Phi) is 5.93. The third-order valence-corrected chi connectivity index (χ3v) is 3.84. The van der Waals surface area contributed by atoms with Gasteiger partial charge in [-0.1, -0.05) is 28.9 Å². The molecule has 0 aliphatic carbocycles. The third-order valence-electron chi connectivity index (χ3n) is 3.60. The zero-order chi connectivity index (χ0) is 19.2. The van der Waals surface area contributed by atoms with Crippen molar-refractivity contribution in [2.45, 2.75) is 13.5 Å². The number of benzene rings is 2. The molecule has 0 amide bonds. The highest BCUT2D eigenvalue weighted by molar-refractivity contribution is 6.31. The fraction of sp³-hybridized carbons (Fsp3) is 0.211. The van der Waals surface area contributed by atoms with Crippen molar-refractivity contribution in [3.05, 3.63) is 58.9 Å². The minimum atomic E-state index is -0.608. The Morgan fingerprint density at radius 2 is 2.00 bits per heavy atom. The summed E-state index contributed by atoms with van der Waals surface area (Å²) in [4.78, 5) is 16.6. The van der Waals surface area contributed by atoms with Crippen molar-refractivity contribution in [2.75, 3.05) is 13.7 Å². The van der Waals surface area contributed by atoms with Gasteiger partial charge in [-0.2, -0.15) is 4.98 Å². The second-order valence-corrected chi connectivity index (χ2v) is 5.80. The van der Waals surface area contributed by atoms with Crippen molar-refractivity contribution in [1.82, 2.24) is 10.1 Å². The number of esters is 1. The maximum Gasteiger partial charge on any atom is 0.342 e. The average molecular weight is 389 g/mol. The number of halogens is 1. The summed E-state index contributed by atoms with van der Waals surface area (Å²) < 4.78 is 21.1. The van der Waals surface area contributed by atoms with Crippen LogP contribution in [0.5, 0.6) is 11.5 Å². The molecule has 27 heavy (non-hydrogen) atoms. The summed E-state index contributed by atoms with van der Waals surface area (Å²) in [6.07, 6.45) is 0. The lowest BCUT2D eigenvalue weighted by Crippen LogP contribution is -2.07. The molecule has 0 aliphatic heterocycles. The van der Waals surface area contributed by atoms with Gasteiger partial charge in [0.1, 0.15) is 17.1 Å². The summed E-state index contributed by atoms with van der Waals surface area (Å²) in [6.45, 7) is 2.22. The number of hydrogen-bond acceptors (Lipinski definition) is 7. The standard InChI is InChI=1S/C19H17ClN2O5/c1-3-25-16-7-5-4-6-13(16)18-21-17(27-22-18)11-26-19(23)14-10-12(20)8-9-15(14)24-2/h4-10H,3,11H2,1-2H3. The van der Waals surface area contributed by atoms with Crippen LogP contribution in [0.15, 0.2) is 47.0 Å². The molecule has 8 heteroatoms. The van der Waals surface area contributed by atoms with Gasteiger partial charge in [-0.05, 0) is 37.3 Å². The van der Waals surface area contributed by atoms with Gasteiger partial charge in [0, 0.05) is 5.02 Å². The van der Waals surface area contributed by atoms with Crippen molar-refractivity contribution in [2.24, 2.45) is 0 Å². The molecule has 0 saturated heterocycles. The molecular formula is C19H17ClN2O5. The van der Waals surface area contributed by atoms with E-state index < -0.39 is 5.97 Å². The number of methoxy groups -OCH3 is 1. The lowest BCUT2D eigenvalue weighted by Gasteiger charge is -2.07. The van der Waals surface area contributed by atoms with Crippen molar-refractivity contribution in [3.8, 4) is 22.9 Å². The minimum absolute atomic E-state index is 0.158. The molecule has 0 radical (unpaired) electrons. The minimum Gasteiger partial charge on any atom is -0.496 e. The molecule has 140 valence electrons. The lowest BCUT2D eigenvalue weighted by molar-refractivity contribution is 0.0426.